The fourth-order valence-electron chi connectivity index (χ4n) is 4.24. The number of hydrogen-bond acceptors (Lipinski definition) is 5. The number of phenols is 1. The fourth-order valence-corrected chi connectivity index (χ4v) is 5.72. The SMILES string of the molecule is CCCCCCN1CCOc2ccccc2-c2cc(c(F)cc2F)NS(=O)(=O)c2cc(cc(Cl)c2O)C1=O. The number of halogens is 3. The van der Waals surface area contributed by atoms with E-state index in [1.54, 1.807) is 24.3 Å². The molecule has 202 valence electrons. The summed E-state index contributed by atoms with van der Waals surface area (Å²) in [6, 6.07) is 10.2. The van der Waals surface area contributed by atoms with Gasteiger partial charge in [-0.25, -0.2) is 17.2 Å². The molecule has 0 unspecified atom stereocenters. The van der Waals surface area contributed by atoms with Crippen LogP contribution in [0.2, 0.25) is 5.02 Å². The molecule has 0 aromatic heterocycles. The largest absolute Gasteiger partial charge is 0.505 e. The number of phenolic OH excluding ortho intramolecular Hbond substituents is 1. The maximum Gasteiger partial charge on any atom is 0.265 e. The minimum absolute atomic E-state index is 0.0570. The summed E-state index contributed by atoms with van der Waals surface area (Å²) in [6.45, 7) is 2.65. The van der Waals surface area contributed by atoms with Crippen LogP contribution in [-0.2, 0) is 10.0 Å². The van der Waals surface area contributed by atoms with Gasteiger partial charge in [-0.05, 0) is 30.7 Å². The molecule has 0 saturated carbocycles. The number of amides is 1. The van der Waals surface area contributed by atoms with Crippen molar-refractivity contribution < 1.29 is 31.8 Å². The summed E-state index contributed by atoms with van der Waals surface area (Å²) < 4.78 is 64.1. The second kappa shape index (κ2) is 11.6. The van der Waals surface area contributed by atoms with E-state index in [-0.39, 0.29) is 40.6 Å². The van der Waals surface area contributed by atoms with Crippen molar-refractivity contribution in [2.75, 3.05) is 24.4 Å². The Kier molecular flexibility index (Phi) is 8.42. The van der Waals surface area contributed by atoms with Gasteiger partial charge in [0.1, 0.15) is 28.9 Å². The van der Waals surface area contributed by atoms with Crippen LogP contribution in [0.5, 0.6) is 11.5 Å². The number of carbonyl (C=O) groups is 1. The molecule has 1 heterocycles. The number of sulfonamides is 1. The second-order valence-corrected chi connectivity index (χ2v) is 11.0. The summed E-state index contributed by atoms with van der Waals surface area (Å²) in [5, 5.41) is 10.1. The maximum absolute atomic E-state index is 14.9. The Labute approximate surface area is 225 Å². The van der Waals surface area contributed by atoms with Crippen LogP contribution in [-0.4, -0.2) is 44.0 Å². The number of unbranched alkanes of at least 4 members (excludes halogenated alkanes) is 3. The van der Waals surface area contributed by atoms with Gasteiger partial charge in [0, 0.05) is 29.3 Å². The molecule has 3 aromatic carbocycles. The lowest BCUT2D eigenvalue weighted by Gasteiger charge is -2.24. The smallest absolute Gasteiger partial charge is 0.265 e. The van der Waals surface area contributed by atoms with Crippen molar-refractivity contribution in [2.24, 2.45) is 0 Å². The average molecular weight is 565 g/mol. The third-order valence-corrected chi connectivity index (χ3v) is 7.90. The first-order chi connectivity index (χ1) is 18.1. The highest BCUT2D eigenvalue weighted by molar-refractivity contribution is 7.92. The molecule has 1 aliphatic rings. The van der Waals surface area contributed by atoms with Gasteiger partial charge < -0.3 is 14.7 Å². The van der Waals surface area contributed by atoms with Crippen LogP contribution < -0.4 is 9.46 Å². The lowest BCUT2D eigenvalue weighted by atomic mass is 10.0. The van der Waals surface area contributed by atoms with E-state index in [2.05, 4.69) is 11.6 Å². The zero-order valence-electron chi connectivity index (χ0n) is 20.6. The topological polar surface area (TPSA) is 95.9 Å². The van der Waals surface area contributed by atoms with Gasteiger partial charge in [-0.15, -0.1) is 0 Å². The summed E-state index contributed by atoms with van der Waals surface area (Å²) in [5.41, 5.74) is -0.458. The number of nitrogens with one attached hydrogen (secondary N) is 1. The molecule has 0 saturated heterocycles. The molecule has 4 rings (SSSR count). The molecule has 0 fully saturated rings. The first-order valence-electron chi connectivity index (χ1n) is 12.2. The molecule has 1 aliphatic heterocycles. The third-order valence-electron chi connectivity index (χ3n) is 6.23. The molecule has 0 atom stereocenters. The highest BCUT2D eigenvalue weighted by Crippen LogP contribution is 2.37. The van der Waals surface area contributed by atoms with Crippen molar-refractivity contribution in [3.05, 3.63) is 70.8 Å². The van der Waals surface area contributed by atoms with Gasteiger partial charge in [-0.3, -0.25) is 9.52 Å². The van der Waals surface area contributed by atoms with E-state index in [0.29, 0.717) is 19.0 Å². The molecule has 7 nitrogen and oxygen atoms in total. The predicted octanol–water partition coefficient (Wildman–Crippen LogP) is 6.21. The molecule has 0 spiro atoms. The van der Waals surface area contributed by atoms with Crippen LogP contribution in [0, 0.1) is 11.6 Å². The molecule has 11 heteroatoms. The van der Waals surface area contributed by atoms with Crippen molar-refractivity contribution in [3.63, 3.8) is 0 Å². The second-order valence-electron chi connectivity index (χ2n) is 8.92. The highest BCUT2D eigenvalue weighted by atomic mass is 35.5. The van der Waals surface area contributed by atoms with Crippen molar-refractivity contribution >= 4 is 33.2 Å². The van der Waals surface area contributed by atoms with Gasteiger partial charge in [0.15, 0.2) is 5.75 Å². The standard InChI is InChI=1S/C27H27ClF2N2O5S/c1-2-3-4-7-10-32-11-12-37-24-9-6-5-8-18(24)19-15-23(22(30)16-21(19)29)31-38(35,36)25-14-17(27(32)34)13-20(28)26(25)33/h5-6,8-9,13-16,31,33H,2-4,7,10-12H2,1H3. The van der Waals surface area contributed by atoms with Gasteiger partial charge in [0.25, 0.3) is 15.9 Å². The summed E-state index contributed by atoms with van der Waals surface area (Å²) in [4.78, 5) is 14.3. The number of nitrogens with zero attached hydrogens (tertiary/aromatic N) is 1. The number of anilines is 1. The van der Waals surface area contributed by atoms with Gasteiger partial charge in [-0.1, -0.05) is 56.0 Å². The molecule has 4 bridgehead atoms. The van der Waals surface area contributed by atoms with Crippen molar-refractivity contribution in [3.8, 4) is 22.6 Å². The minimum Gasteiger partial charge on any atom is -0.505 e. The van der Waals surface area contributed by atoms with Crippen LogP contribution in [0.3, 0.4) is 0 Å². The van der Waals surface area contributed by atoms with Crippen LogP contribution in [0.4, 0.5) is 14.5 Å². The number of fused-ring (bicyclic) bond motifs is 6. The Morgan fingerprint density at radius 1 is 1.05 bits per heavy atom. The first-order valence-corrected chi connectivity index (χ1v) is 14.0. The van der Waals surface area contributed by atoms with E-state index < -0.39 is 43.9 Å². The summed E-state index contributed by atoms with van der Waals surface area (Å²) in [6.07, 6.45) is 3.61. The molecule has 38 heavy (non-hydrogen) atoms. The van der Waals surface area contributed by atoms with Gasteiger partial charge in [0.05, 0.1) is 17.3 Å². The van der Waals surface area contributed by atoms with E-state index in [1.807, 2.05) is 0 Å². The van der Waals surface area contributed by atoms with E-state index in [9.17, 15) is 27.1 Å². The predicted molar refractivity (Wildman–Crippen MR) is 141 cm³/mol. The highest BCUT2D eigenvalue weighted by Gasteiger charge is 2.27. The molecule has 0 radical (unpaired) electrons. The number of hydrogen-bond donors (Lipinski definition) is 2. The van der Waals surface area contributed by atoms with E-state index in [1.165, 1.54) is 11.0 Å². The summed E-state index contributed by atoms with van der Waals surface area (Å²) in [5.74, 6) is -3.13. The molecule has 1 amide bonds. The lowest BCUT2D eigenvalue weighted by molar-refractivity contribution is 0.0726. The van der Waals surface area contributed by atoms with Crippen molar-refractivity contribution in [1.82, 2.24) is 4.90 Å². The zero-order chi connectivity index (χ0) is 27.4. The van der Waals surface area contributed by atoms with E-state index in [4.69, 9.17) is 16.3 Å². The average Bonchev–Trinajstić information content (AvgIpc) is 2.88. The lowest BCUT2D eigenvalue weighted by Crippen LogP contribution is -2.35. The molecule has 0 aliphatic carbocycles. The number of benzene rings is 3. The number of rotatable bonds is 5. The quantitative estimate of drug-likeness (QED) is 0.359. The van der Waals surface area contributed by atoms with Crippen LogP contribution >= 0.6 is 11.6 Å². The number of ether oxygens (including phenoxy) is 1. The first kappa shape index (κ1) is 27.7. The van der Waals surface area contributed by atoms with Crippen LogP contribution in [0.15, 0.2) is 53.4 Å². The van der Waals surface area contributed by atoms with Crippen LogP contribution in [0.1, 0.15) is 43.0 Å². The Hall–Kier alpha value is -3.37. The van der Waals surface area contributed by atoms with Crippen LogP contribution in [0.25, 0.3) is 11.1 Å². The maximum atomic E-state index is 14.9. The van der Waals surface area contributed by atoms with E-state index >= 15 is 0 Å². The molecule has 2 N–H and O–H groups in total. The Morgan fingerprint density at radius 3 is 2.58 bits per heavy atom. The van der Waals surface area contributed by atoms with Gasteiger partial charge >= 0.3 is 0 Å². The van der Waals surface area contributed by atoms with Crippen molar-refractivity contribution in [2.45, 2.75) is 37.5 Å². The Morgan fingerprint density at radius 2 is 1.82 bits per heavy atom. The third kappa shape index (κ3) is 5.86. The Balaban J connectivity index is 1.86. The van der Waals surface area contributed by atoms with Crippen molar-refractivity contribution in [1.29, 1.82) is 0 Å². The summed E-state index contributed by atoms with van der Waals surface area (Å²) in [7, 11) is -4.66. The number of aromatic hydroxyl groups is 1. The monoisotopic (exact) mass is 564 g/mol. The van der Waals surface area contributed by atoms with Gasteiger partial charge in [0.2, 0.25) is 0 Å². The normalized spacial score (nSPS) is 15.1. The number of carbonyl (C=O) groups excluding carboxylic acids is 1. The molecular formula is C27H27ClF2N2O5S. The fraction of sp³-hybridized carbons (Fsp3) is 0.296. The van der Waals surface area contributed by atoms with E-state index in [0.717, 1.165) is 31.4 Å². The summed E-state index contributed by atoms with van der Waals surface area (Å²) >= 11 is 6.11. The van der Waals surface area contributed by atoms with Gasteiger partial charge in [-0.2, -0.15) is 0 Å². The molecule has 3 aromatic rings. The Bertz CT molecular complexity index is 1470. The molecular weight excluding hydrogens is 538 g/mol. The zero-order valence-corrected chi connectivity index (χ0v) is 22.2. The minimum atomic E-state index is -4.66. The number of para-hydroxylation sites is 1.